The zero-order valence-corrected chi connectivity index (χ0v) is 10.8. The Hall–Kier alpha value is -0.570. The fourth-order valence-corrected chi connectivity index (χ4v) is 2.22. The van der Waals surface area contributed by atoms with Gasteiger partial charge in [0.05, 0.1) is 0 Å². The molecule has 3 heteroatoms. The average molecular weight is 212 g/mol. The van der Waals surface area contributed by atoms with Gasteiger partial charge in [-0.3, -0.25) is 9.69 Å². The van der Waals surface area contributed by atoms with Crippen LogP contribution < -0.4 is 0 Å². The van der Waals surface area contributed by atoms with Crippen LogP contribution >= 0.6 is 0 Å². The molecule has 0 aromatic heterocycles. The van der Waals surface area contributed by atoms with Crippen molar-refractivity contribution in [2.45, 2.75) is 65.7 Å². The van der Waals surface area contributed by atoms with Crippen LogP contribution in [0.5, 0.6) is 0 Å². The molecule has 1 aliphatic heterocycles. The van der Waals surface area contributed by atoms with Gasteiger partial charge in [0.15, 0.2) is 0 Å². The molecule has 1 fully saturated rings. The van der Waals surface area contributed by atoms with E-state index in [1.165, 1.54) is 0 Å². The Bertz CT molecular complexity index is 228. The van der Waals surface area contributed by atoms with E-state index >= 15 is 0 Å². The van der Waals surface area contributed by atoms with Crippen molar-refractivity contribution in [3.8, 4) is 0 Å². The molecule has 0 saturated carbocycles. The first-order chi connectivity index (χ1) is 6.86. The van der Waals surface area contributed by atoms with E-state index in [9.17, 15) is 4.79 Å². The molecule has 0 N–H and O–H groups in total. The summed E-state index contributed by atoms with van der Waals surface area (Å²) in [6.07, 6.45) is 0. The molecule has 0 spiro atoms. The monoisotopic (exact) mass is 212 g/mol. The third-order valence-electron chi connectivity index (χ3n) is 2.97. The van der Waals surface area contributed by atoms with Gasteiger partial charge >= 0.3 is 0 Å². The number of nitrogens with zero attached hydrogens (tertiary/aromatic N) is 2. The molecule has 3 nitrogen and oxygen atoms in total. The Morgan fingerprint density at radius 3 is 1.87 bits per heavy atom. The topological polar surface area (TPSA) is 23.3 Å². The molecule has 2 atom stereocenters. The first kappa shape index (κ1) is 12.5. The van der Waals surface area contributed by atoms with Crippen molar-refractivity contribution in [1.82, 2.24) is 9.80 Å². The lowest BCUT2D eigenvalue weighted by Crippen LogP contribution is -2.45. The van der Waals surface area contributed by atoms with E-state index in [4.69, 9.17) is 0 Å². The summed E-state index contributed by atoms with van der Waals surface area (Å²) in [6, 6.07) is 1.23. The Morgan fingerprint density at radius 1 is 1.13 bits per heavy atom. The number of amides is 1. The number of hydrogen-bond donors (Lipinski definition) is 0. The standard InChI is InChI=1S/C12H24N2O/c1-8(2)13-7-11(13)12(15)14(9(3)4)10(5)6/h8-11H,7H2,1-6H3. The van der Waals surface area contributed by atoms with E-state index in [2.05, 4.69) is 46.4 Å². The molecule has 1 heterocycles. The SMILES string of the molecule is CC(C)N1CC1C(=O)N(C(C)C)C(C)C. The minimum atomic E-state index is 0.148. The third-order valence-corrected chi connectivity index (χ3v) is 2.97. The normalized spacial score (nSPS) is 25.1. The zero-order chi connectivity index (χ0) is 11.7. The Kier molecular flexibility index (Phi) is 3.77. The van der Waals surface area contributed by atoms with Gasteiger partial charge in [-0.05, 0) is 41.5 Å². The second-order valence-corrected chi connectivity index (χ2v) is 5.24. The summed E-state index contributed by atoms with van der Waals surface area (Å²) >= 11 is 0. The number of hydrogen-bond acceptors (Lipinski definition) is 2. The molecule has 88 valence electrons. The Labute approximate surface area is 93.4 Å². The van der Waals surface area contributed by atoms with Crippen LogP contribution in [0.2, 0.25) is 0 Å². The van der Waals surface area contributed by atoms with Crippen LogP contribution in [0.15, 0.2) is 0 Å². The van der Waals surface area contributed by atoms with Crippen molar-refractivity contribution in [2.75, 3.05) is 6.54 Å². The van der Waals surface area contributed by atoms with Crippen LogP contribution in [0.25, 0.3) is 0 Å². The van der Waals surface area contributed by atoms with E-state index in [0.717, 1.165) is 6.54 Å². The van der Waals surface area contributed by atoms with Crippen molar-refractivity contribution < 1.29 is 4.79 Å². The lowest BCUT2D eigenvalue weighted by atomic mass is 10.2. The van der Waals surface area contributed by atoms with Crippen LogP contribution in [0.1, 0.15) is 41.5 Å². The van der Waals surface area contributed by atoms with Gasteiger partial charge in [0, 0.05) is 24.7 Å². The van der Waals surface area contributed by atoms with E-state index in [-0.39, 0.29) is 6.04 Å². The number of carbonyl (C=O) groups excluding carboxylic acids is 1. The smallest absolute Gasteiger partial charge is 0.241 e. The van der Waals surface area contributed by atoms with Gasteiger partial charge in [0.1, 0.15) is 6.04 Å². The molecule has 0 radical (unpaired) electrons. The second-order valence-electron chi connectivity index (χ2n) is 5.24. The van der Waals surface area contributed by atoms with Gasteiger partial charge in [0.25, 0.3) is 0 Å². The molecular weight excluding hydrogens is 188 g/mol. The van der Waals surface area contributed by atoms with Gasteiger partial charge in [-0.1, -0.05) is 0 Å². The third kappa shape index (κ3) is 2.71. The number of carbonyl (C=O) groups is 1. The summed E-state index contributed by atoms with van der Waals surface area (Å²) in [6.45, 7) is 13.6. The maximum absolute atomic E-state index is 12.2. The van der Waals surface area contributed by atoms with Gasteiger partial charge in [-0.15, -0.1) is 0 Å². The molecule has 1 amide bonds. The van der Waals surface area contributed by atoms with Crippen molar-refractivity contribution >= 4 is 5.91 Å². The van der Waals surface area contributed by atoms with Crippen LogP contribution in [-0.2, 0) is 4.79 Å². The molecule has 2 unspecified atom stereocenters. The quantitative estimate of drug-likeness (QED) is 0.662. The minimum absolute atomic E-state index is 0.148. The predicted octanol–water partition coefficient (Wildman–Crippen LogP) is 1.72. The minimum Gasteiger partial charge on any atom is -0.336 e. The van der Waals surface area contributed by atoms with Crippen molar-refractivity contribution in [2.24, 2.45) is 0 Å². The molecule has 1 saturated heterocycles. The highest BCUT2D eigenvalue weighted by molar-refractivity contribution is 5.85. The molecular formula is C12H24N2O. The van der Waals surface area contributed by atoms with Crippen LogP contribution in [0.3, 0.4) is 0 Å². The van der Waals surface area contributed by atoms with Crippen LogP contribution in [-0.4, -0.2) is 46.4 Å². The van der Waals surface area contributed by atoms with E-state index in [0.29, 0.717) is 24.0 Å². The Morgan fingerprint density at radius 2 is 1.60 bits per heavy atom. The average Bonchev–Trinajstić information content (AvgIpc) is 2.79. The molecule has 1 aliphatic rings. The highest BCUT2D eigenvalue weighted by atomic mass is 16.2. The molecule has 0 aromatic carbocycles. The second kappa shape index (κ2) is 4.52. The summed E-state index contributed by atoms with van der Waals surface area (Å²) in [7, 11) is 0. The lowest BCUT2D eigenvalue weighted by Gasteiger charge is -2.31. The molecule has 1 rings (SSSR count). The summed E-state index contributed by atoms with van der Waals surface area (Å²) in [5.74, 6) is 0.300. The highest BCUT2D eigenvalue weighted by Crippen LogP contribution is 2.24. The Balaban J connectivity index is 2.60. The van der Waals surface area contributed by atoms with E-state index in [1.807, 2.05) is 4.90 Å². The summed E-state index contributed by atoms with van der Waals surface area (Å²) in [5.41, 5.74) is 0. The maximum Gasteiger partial charge on any atom is 0.241 e. The fourth-order valence-electron chi connectivity index (χ4n) is 2.22. The fraction of sp³-hybridized carbons (Fsp3) is 0.917. The van der Waals surface area contributed by atoms with Crippen molar-refractivity contribution in [3.63, 3.8) is 0 Å². The first-order valence-corrected chi connectivity index (χ1v) is 5.94. The summed E-state index contributed by atoms with van der Waals surface area (Å²) in [5, 5.41) is 0. The molecule has 0 bridgehead atoms. The van der Waals surface area contributed by atoms with Crippen LogP contribution in [0.4, 0.5) is 0 Å². The molecule has 0 aromatic rings. The van der Waals surface area contributed by atoms with Gasteiger partial charge in [-0.25, -0.2) is 0 Å². The summed E-state index contributed by atoms with van der Waals surface area (Å²) < 4.78 is 0. The number of rotatable bonds is 4. The van der Waals surface area contributed by atoms with Crippen LogP contribution in [0, 0.1) is 0 Å². The lowest BCUT2D eigenvalue weighted by molar-refractivity contribution is -0.135. The molecule has 15 heavy (non-hydrogen) atoms. The maximum atomic E-state index is 12.2. The predicted molar refractivity (Wildman–Crippen MR) is 62.7 cm³/mol. The van der Waals surface area contributed by atoms with Crippen molar-refractivity contribution in [1.29, 1.82) is 0 Å². The zero-order valence-electron chi connectivity index (χ0n) is 10.8. The molecule has 0 aliphatic carbocycles. The largest absolute Gasteiger partial charge is 0.336 e. The van der Waals surface area contributed by atoms with Gasteiger partial charge < -0.3 is 4.90 Å². The van der Waals surface area contributed by atoms with Gasteiger partial charge in [0.2, 0.25) is 5.91 Å². The first-order valence-electron chi connectivity index (χ1n) is 5.94. The highest BCUT2D eigenvalue weighted by Gasteiger charge is 2.44. The summed E-state index contributed by atoms with van der Waals surface area (Å²) in [4.78, 5) is 16.4. The van der Waals surface area contributed by atoms with E-state index in [1.54, 1.807) is 0 Å². The van der Waals surface area contributed by atoms with E-state index < -0.39 is 0 Å². The van der Waals surface area contributed by atoms with Crippen molar-refractivity contribution in [3.05, 3.63) is 0 Å². The van der Waals surface area contributed by atoms with Gasteiger partial charge in [-0.2, -0.15) is 0 Å².